The average molecular weight is 442 g/mol. The van der Waals surface area contributed by atoms with E-state index in [1.165, 1.54) is 23.0 Å². The molecule has 8 nitrogen and oxygen atoms in total. The Morgan fingerprint density at radius 3 is 2.71 bits per heavy atom. The van der Waals surface area contributed by atoms with E-state index in [-0.39, 0.29) is 23.4 Å². The highest BCUT2D eigenvalue weighted by Crippen LogP contribution is 2.19. The van der Waals surface area contributed by atoms with Gasteiger partial charge in [-0.15, -0.1) is 0 Å². The van der Waals surface area contributed by atoms with Crippen LogP contribution >= 0.6 is 11.6 Å². The second-order valence-electron chi connectivity index (χ2n) is 7.70. The molecular weight excluding hydrogens is 418 g/mol. The van der Waals surface area contributed by atoms with Gasteiger partial charge in [0.2, 0.25) is 0 Å². The average Bonchev–Trinajstić information content (AvgIpc) is 3.19. The lowest BCUT2D eigenvalue weighted by Crippen LogP contribution is -2.38. The summed E-state index contributed by atoms with van der Waals surface area (Å²) in [6, 6.07) is 10.3. The largest absolute Gasteiger partial charge is 0.487 e. The number of halogens is 1. The smallest absolute Gasteiger partial charge is 0.273 e. The van der Waals surface area contributed by atoms with Crippen LogP contribution in [0.2, 0.25) is 5.02 Å². The number of hydrogen-bond donors (Lipinski definition) is 2. The van der Waals surface area contributed by atoms with Crippen LogP contribution in [0.4, 0.5) is 5.82 Å². The van der Waals surface area contributed by atoms with Gasteiger partial charge in [0.05, 0.1) is 10.7 Å². The number of nitrogens with zero attached hydrogens (tertiary/aromatic N) is 3. The van der Waals surface area contributed by atoms with Crippen LogP contribution in [0.5, 0.6) is 5.75 Å². The van der Waals surface area contributed by atoms with Gasteiger partial charge >= 0.3 is 0 Å². The normalized spacial score (nSPS) is 18.2. The van der Waals surface area contributed by atoms with Gasteiger partial charge in [-0.05, 0) is 42.8 Å². The molecule has 1 fully saturated rings. The van der Waals surface area contributed by atoms with Gasteiger partial charge < -0.3 is 19.9 Å². The second kappa shape index (κ2) is 8.95. The van der Waals surface area contributed by atoms with Gasteiger partial charge in [-0.3, -0.25) is 19.1 Å². The van der Waals surface area contributed by atoms with E-state index in [9.17, 15) is 9.59 Å². The van der Waals surface area contributed by atoms with Crippen LogP contribution in [-0.2, 0) is 6.61 Å². The SMILES string of the molecule is CC1CNCC1N(C)c1ccc(-n2ccc(OCc3ccc(Cl)cn3)cc2=O)c(=O)[nH]1. The molecule has 0 saturated carbocycles. The van der Waals surface area contributed by atoms with Gasteiger partial charge in [0, 0.05) is 38.1 Å². The minimum atomic E-state index is -0.359. The maximum Gasteiger partial charge on any atom is 0.273 e. The number of rotatable bonds is 6. The lowest BCUT2D eigenvalue weighted by Gasteiger charge is -2.28. The second-order valence-corrected chi connectivity index (χ2v) is 8.14. The maximum atomic E-state index is 12.7. The number of aromatic nitrogens is 3. The van der Waals surface area contributed by atoms with Crippen molar-refractivity contribution >= 4 is 17.4 Å². The van der Waals surface area contributed by atoms with Crippen molar-refractivity contribution in [3.05, 3.63) is 80.2 Å². The Balaban J connectivity index is 1.50. The molecule has 0 radical (unpaired) electrons. The molecule has 31 heavy (non-hydrogen) atoms. The van der Waals surface area contributed by atoms with E-state index in [1.807, 2.05) is 13.1 Å². The van der Waals surface area contributed by atoms with Crippen molar-refractivity contribution < 1.29 is 4.74 Å². The number of likely N-dealkylation sites (N-methyl/N-ethyl adjacent to an activating group) is 1. The van der Waals surface area contributed by atoms with Crippen molar-refractivity contribution in [2.75, 3.05) is 25.0 Å². The van der Waals surface area contributed by atoms with E-state index in [0.717, 1.165) is 18.9 Å². The minimum Gasteiger partial charge on any atom is -0.487 e. The molecule has 0 aliphatic carbocycles. The Morgan fingerprint density at radius 2 is 2.06 bits per heavy atom. The van der Waals surface area contributed by atoms with Gasteiger partial charge in [0.15, 0.2) is 0 Å². The Morgan fingerprint density at radius 1 is 1.23 bits per heavy atom. The number of anilines is 1. The third-order valence-electron chi connectivity index (χ3n) is 5.55. The summed E-state index contributed by atoms with van der Waals surface area (Å²) in [6.07, 6.45) is 3.07. The molecule has 1 aliphatic heterocycles. The Hall–Kier alpha value is -3.10. The quantitative estimate of drug-likeness (QED) is 0.609. The Kier molecular flexibility index (Phi) is 6.11. The zero-order valence-electron chi connectivity index (χ0n) is 17.3. The summed E-state index contributed by atoms with van der Waals surface area (Å²) < 4.78 is 6.94. The van der Waals surface area contributed by atoms with Gasteiger partial charge in [0.25, 0.3) is 11.1 Å². The third kappa shape index (κ3) is 4.65. The fourth-order valence-electron chi connectivity index (χ4n) is 3.74. The molecule has 0 bridgehead atoms. The lowest BCUT2D eigenvalue weighted by atomic mass is 10.1. The fraction of sp³-hybridized carbons (Fsp3) is 0.318. The monoisotopic (exact) mass is 441 g/mol. The number of pyridine rings is 3. The van der Waals surface area contributed by atoms with Crippen molar-refractivity contribution in [1.29, 1.82) is 0 Å². The highest BCUT2D eigenvalue weighted by Gasteiger charge is 2.27. The number of nitrogens with one attached hydrogen (secondary N) is 2. The number of hydrogen-bond acceptors (Lipinski definition) is 6. The zero-order valence-corrected chi connectivity index (χ0v) is 18.1. The molecule has 3 aromatic rings. The first-order chi connectivity index (χ1) is 14.9. The van der Waals surface area contributed by atoms with Gasteiger partial charge in [-0.2, -0.15) is 0 Å². The van der Waals surface area contributed by atoms with Crippen LogP contribution in [-0.4, -0.2) is 40.7 Å². The molecule has 4 rings (SSSR count). The number of aromatic amines is 1. The lowest BCUT2D eigenvalue weighted by molar-refractivity contribution is 0.300. The molecule has 9 heteroatoms. The molecule has 162 valence electrons. The molecule has 2 unspecified atom stereocenters. The number of H-pyrrole nitrogens is 1. The molecule has 0 aromatic carbocycles. The van der Waals surface area contributed by atoms with Crippen LogP contribution in [0.25, 0.3) is 5.69 Å². The molecule has 2 atom stereocenters. The highest BCUT2D eigenvalue weighted by molar-refractivity contribution is 6.30. The van der Waals surface area contributed by atoms with Crippen molar-refractivity contribution in [3.8, 4) is 11.4 Å². The predicted octanol–water partition coefficient (Wildman–Crippen LogP) is 2.20. The highest BCUT2D eigenvalue weighted by atomic mass is 35.5. The summed E-state index contributed by atoms with van der Waals surface area (Å²) in [5.41, 5.74) is 0.257. The van der Waals surface area contributed by atoms with Crippen LogP contribution in [0.15, 0.2) is 58.4 Å². The Bertz CT molecular complexity index is 1170. The molecule has 4 heterocycles. The summed E-state index contributed by atoms with van der Waals surface area (Å²) >= 11 is 5.82. The minimum absolute atomic E-state index is 0.205. The van der Waals surface area contributed by atoms with Crippen molar-refractivity contribution in [2.24, 2.45) is 5.92 Å². The van der Waals surface area contributed by atoms with E-state index in [1.54, 1.807) is 24.3 Å². The Labute approximate surface area is 184 Å². The first kappa shape index (κ1) is 21.1. The van der Waals surface area contributed by atoms with Crippen molar-refractivity contribution in [1.82, 2.24) is 19.9 Å². The molecule has 3 aromatic heterocycles. The maximum absolute atomic E-state index is 12.7. The first-order valence-electron chi connectivity index (χ1n) is 10.1. The van der Waals surface area contributed by atoms with E-state index in [4.69, 9.17) is 16.3 Å². The molecule has 0 spiro atoms. The summed E-state index contributed by atoms with van der Waals surface area (Å²) in [5.74, 6) is 1.60. The van der Waals surface area contributed by atoms with Crippen LogP contribution < -0.4 is 26.1 Å². The molecule has 2 N–H and O–H groups in total. The summed E-state index contributed by atoms with van der Waals surface area (Å²) in [5, 5.41) is 3.90. The topological polar surface area (TPSA) is 92.2 Å². The first-order valence-corrected chi connectivity index (χ1v) is 10.4. The van der Waals surface area contributed by atoms with Gasteiger partial charge in [0.1, 0.15) is 23.9 Å². The molecule has 1 aliphatic rings. The fourth-order valence-corrected chi connectivity index (χ4v) is 3.85. The zero-order chi connectivity index (χ0) is 22.0. The van der Waals surface area contributed by atoms with Crippen molar-refractivity contribution in [2.45, 2.75) is 19.6 Å². The number of ether oxygens (including phenoxy) is 1. The molecule has 0 amide bonds. The van der Waals surface area contributed by atoms with E-state index in [0.29, 0.717) is 28.4 Å². The summed E-state index contributed by atoms with van der Waals surface area (Å²) in [7, 11) is 1.97. The third-order valence-corrected chi connectivity index (χ3v) is 5.78. The van der Waals surface area contributed by atoms with Crippen molar-refractivity contribution in [3.63, 3.8) is 0 Å². The van der Waals surface area contributed by atoms with Crippen LogP contribution in [0.3, 0.4) is 0 Å². The van der Waals surface area contributed by atoms with Gasteiger partial charge in [-0.25, -0.2) is 0 Å². The van der Waals surface area contributed by atoms with E-state index >= 15 is 0 Å². The summed E-state index contributed by atoms with van der Waals surface area (Å²) in [6.45, 7) is 4.21. The summed E-state index contributed by atoms with van der Waals surface area (Å²) in [4.78, 5) is 34.4. The predicted molar refractivity (Wildman–Crippen MR) is 120 cm³/mol. The van der Waals surface area contributed by atoms with Gasteiger partial charge in [-0.1, -0.05) is 18.5 Å². The molecular formula is C22H24ClN5O3. The van der Waals surface area contributed by atoms with E-state index < -0.39 is 0 Å². The molecule has 1 saturated heterocycles. The standard InChI is InChI=1S/C22H24ClN5O3/c1-14-10-24-12-19(14)27(2)20-6-5-18(22(30)26-20)28-8-7-17(9-21(28)29)31-13-16-4-3-15(23)11-25-16/h3-9,11,14,19,24H,10,12-13H2,1-2H3,(H,26,30). The van der Waals surface area contributed by atoms with Crippen LogP contribution in [0.1, 0.15) is 12.6 Å². The van der Waals surface area contributed by atoms with E-state index in [2.05, 4.69) is 27.1 Å². The van der Waals surface area contributed by atoms with Crippen LogP contribution in [0, 0.1) is 5.92 Å².